The zero-order valence-corrected chi connectivity index (χ0v) is 7.56. The van der Waals surface area contributed by atoms with Gasteiger partial charge < -0.3 is 4.42 Å². The first kappa shape index (κ1) is 8.11. The molecule has 0 saturated heterocycles. The van der Waals surface area contributed by atoms with E-state index >= 15 is 0 Å². The molecule has 1 aliphatic heterocycles. The molecule has 2 heterocycles. The summed E-state index contributed by atoms with van der Waals surface area (Å²) in [6, 6.07) is 5.20. The van der Waals surface area contributed by atoms with Crippen molar-refractivity contribution in [3.05, 3.63) is 35.0 Å². The monoisotopic (exact) mass is 199 g/mol. The summed E-state index contributed by atoms with van der Waals surface area (Å²) >= 11 is 0. The van der Waals surface area contributed by atoms with E-state index in [9.17, 15) is 9.59 Å². The van der Waals surface area contributed by atoms with Crippen molar-refractivity contribution in [2.75, 3.05) is 0 Å². The molecule has 0 fully saturated rings. The van der Waals surface area contributed by atoms with Crippen LogP contribution in [0.4, 0.5) is 0 Å². The van der Waals surface area contributed by atoms with Gasteiger partial charge in [0.1, 0.15) is 5.58 Å². The number of hydrogen-bond acceptors (Lipinski definition) is 3. The molecule has 0 bridgehead atoms. The van der Waals surface area contributed by atoms with Gasteiger partial charge in [0.15, 0.2) is 0 Å². The van der Waals surface area contributed by atoms with E-state index in [1.54, 1.807) is 18.2 Å². The van der Waals surface area contributed by atoms with E-state index in [0.29, 0.717) is 16.2 Å². The standard InChI is InChI=1S/C11H5NO3/c13-8-5-6-1-2-9-7(3-4-15-9)10(6)12-11(8)14/h1-5H. The minimum absolute atomic E-state index is 0.519. The summed E-state index contributed by atoms with van der Waals surface area (Å²) in [5.41, 5.74) is 0.660. The van der Waals surface area contributed by atoms with Gasteiger partial charge in [-0.1, -0.05) is 0 Å². The Kier molecular flexibility index (Phi) is 1.42. The molecule has 0 N–H and O–H groups in total. The first-order chi connectivity index (χ1) is 7.25. The number of benzene rings is 1. The van der Waals surface area contributed by atoms with Crippen LogP contribution in [0.1, 0.15) is 0 Å². The molecule has 0 atom stereocenters. The highest BCUT2D eigenvalue weighted by molar-refractivity contribution is 6.48. The summed E-state index contributed by atoms with van der Waals surface area (Å²) in [7, 11) is 0. The lowest BCUT2D eigenvalue weighted by Gasteiger charge is -1.97. The molecule has 0 unspecified atom stereocenters. The molecule has 3 rings (SSSR count). The minimum atomic E-state index is -0.726. The molecule has 15 heavy (non-hydrogen) atoms. The molecule has 1 aromatic carbocycles. The molecule has 1 amide bonds. The van der Waals surface area contributed by atoms with E-state index in [-0.39, 0.29) is 0 Å². The summed E-state index contributed by atoms with van der Waals surface area (Å²) in [6.07, 6.45) is 2.83. The van der Waals surface area contributed by atoms with Crippen LogP contribution in [0.15, 0.2) is 33.9 Å². The fourth-order valence-electron chi connectivity index (χ4n) is 1.65. The lowest BCUT2D eigenvalue weighted by Crippen LogP contribution is -2.34. The van der Waals surface area contributed by atoms with Crippen molar-refractivity contribution in [3.8, 4) is 0 Å². The average Bonchev–Trinajstić information content (AvgIpc) is 2.68. The van der Waals surface area contributed by atoms with Crippen LogP contribution in [-0.4, -0.2) is 11.7 Å². The number of carbonyl (C=O) groups excluding carboxylic acids is 2. The van der Waals surface area contributed by atoms with Crippen molar-refractivity contribution in [2.24, 2.45) is 4.99 Å². The van der Waals surface area contributed by atoms with Gasteiger partial charge in [-0.2, -0.15) is 0 Å². The topological polar surface area (TPSA) is 59.6 Å². The van der Waals surface area contributed by atoms with E-state index in [4.69, 9.17) is 4.42 Å². The maximum Gasteiger partial charge on any atom is 0.318 e. The maximum atomic E-state index is 11.1. The lowest BCUT2D eigenvalue weighted by molar-refractivity contribution is -0.132. The van der Waals surface area contributed by atoms with Crippen LogP contribution in [0.25, 0.3) is 17.0 Å². The number of rotatable bonds is 0. The van der Waals surface area contributed by atoms with Gasteiger partial charge in [0.2, 0.25) is 5.78 Å². The average molecular weight is 199 g/mol. The molecule has 1 aromatic heterocycles. The Bertz CT molecular complexity index is 709. The van der Waals surface area contributed by atoms with E-state index in [0.717, 1.165) is 5.39 Å². The smallest absolute Gasteiger partial charge is 0.318 e. The van der Waals surface area contributed by atoms with E-state index in [1.165, 1.54) is 12.3 Å². The van der Waals surface area contributed by atoms with Gasteiger partial charge in [-0.15, -0.1) is 0 Å². The number of carbonyl (C=O) groups is 2. The predicted molar refractivity (Wildman–Crippen MR) is 51.5 cm³/mol. The van der Waals surface area contributed by atoms with Crippen LogP contribution in [0.3, 0.4) is 0 Å². The second-order valence-electron chi connectivity index (χ2n) is 3.26. The fourth-order valence-corrected chi connectivity index (χ4v) is 1.65. The Hall–Kier alpha value is -2.23. The number of amides is 1. The van der Waals surface area contributed by atoms with Crippen LogP contribution in [-0.2, 0) is 9.59 Å². The number of furan rings is 1. The molecule has 4 heteroatoms. The van der Waals surface area contributed by atoms with Crippen LogP contribution < -0.4 is 10.6 Å². The summed E-state index contributed by atoms with van der Waals surface area (Å²) in [5.74, 6) is -1.30. The SMILES string of the molecule is O=C1C=c2ccc3occc3c2=NC1=O. The molecule has 0 radical (unpaired) electrons. The van der Waals surface area contributed by atoms with Gasteiger partial charge in [0.25, 0.3) is 0 Å². The quantitative estimate of drug-likeness (QED) is 0.558. The summed E-state index contributed by atoms with van der Waals surface area (Å²) < 4.78 is 5.18. The number of hydrogen-bond donors (Lipinski definition) is 0. The van der Waals surface area contributed by atoms with Crippen molar-refractivity contribution in [2.45, 2.75) is 0 Å². The first-order valence-electron chi connectivity index (χ1n) is 4.41. The van der Waals surface area contributed by atoms with Gasteiger partial charge in [0.05, 0.1) is 11.6 Å². The second kappa shape index (κ2) is 2.63. The highest BCUT2D eigenvalue weighted by atomic mass is 16.3. The summed E-state index contributed by atoms with van der Waals surface area (Å²) in [4.78, 5) is 26.0. The van der Waals surface area contributed by atoms with Gasteiger partial charge in [-0.25, -0.2) is 4.99 Å². The third kappa shape index (κ3) is 1.05. The van der Waals surface area contributed by atoms with Gasteiger partial charge >= 0.3 is 5.91 Å². The molecular weight excluding hydrogens is 194 g/mol. The number of nitrogens with zero attached hydrogens (tertiary/aromatic N) is 1. The number of ketones is 1. The van der Waals surface area contributed by atoms with Crippen molar-refractivity contribution < 1.29 is 14.0 Å². The first-order valence-corrected chi connectivity index (χ1v) is 4.41. The molecule has 0 saturated carbocycles. The minimum Gasteiger partial charge on any atom is -0.464 e. The van der Waals surface area contributed by atoms with Crippen molar-refractivity contribution in [1.29, 1.82) is 0 Å². The highest BCUT2D eigenvalue weighted by Crippen LogP contribution is 2.08. The van der Waals surface area contributed by atoms with Crippen molar-refractivity contribution >= 4 is 28.7 Å². The van der Waals surface area contributed by atoms with Crippen LogP contribution in [0.2, 0.25) is 0 Å². The Labute approximate surface area is 83.5 Å². The molecule has 0 spiro atoms. The zero-order chi connectivity index (χ0) is 10.4. The third-order valence-corrected chi connectivity index (χ3v) is 2.35. The number of fused-ring (bicyclic) bond motifs is 3. The Morgan fingerprint density at radius 3 is 2.87 bits per heavy atom. The zero-order valence-electron chi connectivity index (χ0n) is 7.56. The van der Waals surface area contributed by atoms with E-state index < -0.39 is 11.7 Å². The molecule has 1 aliphatic rings. The molecule has 0 aliphatic carbocycles. The molecule has 2 aromatic rings. The van der Waals surface area contributed by atoms with E-state index in [2.05, 4.69) is 4.99 Å². The van der Waals surface area contributed by atoms with Crippen molar-refractivity contribution in [3.63, 3.8) is 0 Å². The van der Waals surface area contributed by atoms with Crippen LogP contribution in [0, 0.1) is 0 Å². The predicted octanol–water partition coefficient (Wildman–Crippen LogP) is -0.0578. The third-order valence-electron chi connectivity index (χ3n) is 2.35. The van der Waals surface area contributed by atoms with Crippen LogP contribution in [0.5, 0.6) is 0 Å². The van der Waals surface area contributed by atoms with Gasteiger partial charge in [0, 0.05) is 16.7 Å². The van der Waals surface area contributed by atoms with Crippen LogP contribution >= 0.6 is 0 Å². The normalized spacial score (nSPS) is 14.7. The van der Waals surface area contributed by atoms with E-state index in [1.807, 2.05) is 0 Å². The summed E-state index contributed by atoms with van der Waals surface area (Å²) in [5, 5.41) is 1.93. The molecule has 72 valence electrons. The van der Waals surface area contributed by atoms with Gasteiger partial charge in [-0.3, -0.25) is 9.59 Å². The second-order valence-corrected chi connectivity index (χ2v) is 3.26. The lowest BCUT2D eigenvalue weighted by atomic mass is 10.1. The van der Waals surface area contributed by atoms with Gasteiger partial charge in [-0.05, 0) is 18.2 Å². The summed E-state index contributed by atoms with van der Waals surface area (Å²) in [6.45, 7) is 0. The Balaban J connectivity index is 2.60. The number of Topliss-reactive ketones (excluding diaryl/α,β-unsaturated/α-hetero) is 1. The largest absolute Gasteiger partial charge is 0.464 e. The Morgan fingerprint density at radius 2 is 2.00 bits per heavy atom. The highest BCUT2D eigenvalue weighted by Gasteiger charge is 2.14. The maximum absolute atomic E-state index is 11.1. The fraction of sp³-hybridized carbons (Fsp3) is 0. The molecule has 4 nitrogen and oxygen atoms in total. The molecular formula is C11H5NO3. The van der Waals surface area contributed by atoms with Crippen molar-refractivity contribution in [1.82, 2.24) is 0 Å². The Morgan fingerprint density at radius 1 is 1.13 bits per heavy atom.